The number of pyridine rings is 1. The van der Waals surface area contributed by atoms with Gasteiger partial charge in [0, 0.05) is 0 Å². The van der Waals surface area contributed by atoms with Crippen LogP contribution in [0.5, 0.6) is 0 Å². The normalized spacial score (nSPS) is 10.4. The number of carbonyl (C=O) groups is 1. The second-order valence-corrected chi connectivity index (χ2v) is 3.85. The molecule has 18 heavy (non-hydrogen) atoms. The van der Waals surface area contributed by atoms with E-state index in [1.165, 1.54) is 4.80 Å². The largest absolute Gasteiger partial charge is 0.461 e. The van der Waals surface area contributed by atoms with Crippen LogP contribution in [0.2, 0.25) is 5.15 Å². The second kappa shape index (κ2) is 5.14. The van der Waals surface area contributed by atoms with Crippen LogP contribution in [0.25, 0.3) is 5.82 Å². The van der Waals surface area contributed by atoms with Crippen LogP contribution in [0.4, 0.5) is 0 Å². The zero-order valence-corrected chi connectivity index (χ0v) is 10.7. The molecule has 0 saturated heterocycles. The lowest BCUT2D eigenvalue weighted by atomic mass is 10.3. The highest BCUT2D eigenvalue weighted by Gasteiger charge is 2.17. The Kier molecular flexibility index (Phi) is 3.57. The molecule has 0 bridgehead atoms. The summed E-state index contributed by atoms with van der Waals surface area (Å²) in [5.74, 6) is -0.0515. The predicted octanol–water partition coefficient (Wildman–Crippen LogP) is 1.80. The summed E-state index contributed by atoms with van der Waals surface area (Å²) in [6.45, 7) is 3.71. The SMILES string of the molecule is CCOC(=O)c1nn(-c2cccc(Cl)n2)nc1C. The summed E-state index contributed by atoms with van der Waals surface area (Å²) in [5.41, 5.74) is 0.661. The molecule has 0 aliphatic rings. The molecular weight excluding hydrogens is 256 g/mol. The molecule has 0 radical (unpaired) electrons. The highest BCUT2D eigenvalue weighted by atomic mass is 35.5. The van der Waals surface area contributed by atoms with Crippen molar-refractivity contribution in [2.75, 3.05) is 6.61 Å². The lowest BCUT2D eigenvalue weighted by molar-refractivity contribution is 0.0518. The first kappa shape index (κ1) is 12.5. The number of rotatable bonds is 3. The summed E-state index contributed by atoms with van der Waals surface area (Å²) in [6, 6.07) is 5.07. The van der Waals surface area contributed by atoms with Crippen molar-refractivity contribution in [3.05, 3.63) is 34.7 Å². The van der Waals surface area contributed by atoms with Crippen LogP contribution in [0.3, 0.4) is 0 Å². The Balaban J connectivity index is 2.37. The Hall–Kier alpha value is -1.95. The van der Waals surface area contributed by atoms with Gasteiger partial charge in [-0.3, -0.25) is 0 Å². The van der Waals surface area contributed by atoms with Crippen molar-refractivity contribution in [1.82, 2.24) is 20.0 Å². The molecule has 0 spiro atoms. The highest BCUT2D eigenvalue weighted by molar-refractivity contribution is 6.29. The van der Waals surface area contributed by atoms with Crippen LogP contribution in [0.1, 0.15) is 23.1 Å². The maximum atomic E-state index is 11.6. The first-order chi connectivity index (χ1) is 8.61. The van der Waals surface area contributed by atoms with E-state index in [0.29, 0.717) is 23.3 Å². The molecule has 0 aliphatic heterocycles. The van der Waals surface area contributed by atoms with E-state index in [9.17, 15) is 4.79 Å². The van der Waals surface area contributed by atoms with Crippen molar-refractivity contribution in [3.8, 4) is 5.82 Å². The first-order valence-corrected chi connectivity index (χ1v) is 5.73. The fourth-order valence-electron chi connectivity index (χ4n) is 1.38. The number of ether oxygens (including phenoxy) is 1. The second-order valence-electron chi connectivity index (χ2n) is 3.46. The van der Waals surface area contributed by atoms with Crippen LogP contribution < -0.4 is 0 Å². The van der Waals surface area contributed by atoms with Crippen molar-refractivity contribution >= 4 is 17.6 Å². The summed E-state index contributed by atoms with van der Waals surface area (Å²) in [5, 5.41) is 8.49. The van der Waals surface area contributed by atoms with Gasteiger partial charge in [-0.2, -0.15) is 5.10 Å². The molecular formula is C11H11ClN4O2. The average Bonchev–Trinajstić information content (AvgIpc) is 2.72. The first-order valence-electron chi connectivity index (χ1n) is 5.36. The van der Waals surface area contributed by atoms with E-state index in [2.05, 4.69) is 15.2 Å². The van der Waals surface area contributed by atoms with Gasteiger partial charge in [0.25, 0.3) is 0 Å². The van der Waals surface area contributed by atoms with Crippen LogP contribution in [0.15, 0.2) is 18.2 Å². The van der Waals surface area contributed by atoms with Gasteiger partial charge in [-0.15, -0.1) is 9.90 Å². The molecule has 0 unspecified atom stereocenters. The molecule has 2 rings (SSSR count). The topological polar surface area (TPSA) is 69.9 Å². The predicted molar refractivity (Wildman–Crippen MR) is 64.9 cm³/mol. The average molecular weight is 267 g/mol. The molecule has 2 aromatic rings. The van der Waals surface area contributed by atoms with Gasteiger partial charge in [0.1, 0.15) is 5.15 Å². The van der Waals surface area contributed by atoms with Crippen molar-refractivity contribution in [2.45, 2.75) is 13.8 Å². The van der Waals surface area contributed by atoms with E-state index in [0.717, 1.165) is 0 Å². The molecule has 7 heteroatoms. The van der Waals surface area contributed by atoms with Crippen LogP contribution in [-0.4, -0.2) is 32.6 Å². The van der Waals surface area contributed by atoms with Crippen LogP contribution in [-0.2, 0) is 4.74 Å². The van der Waals surface area contributed by atoms with Crippen molar-refractivity contribution in [3.63, 3.8) is 0 Å². The van der Waals surface area contributed by atoms with Gasteiger partial charge in [-0.05, 0) is 26.0 Å². The summed E-state index contributed by atoms with van der Waals surface area (Å²) < 4.78 is 4.88. The fourth-order valence-corrected chi connectivity index (χ4v) is 1.54. The zero-order valence-electron chi connectivity index (χ0n) is 9.92. The Morgan fingerprint density at radius 2 is 2.22 bits per heavy atom. The van der Waals surface area contributed by atoms with E-state index >= 15 is 0 Å². The smallest absolute Gasteiger partial charge is 0.360 e. The lowest BCUT2D eigenvalue weighted by Crippen LogP contribution is -2.08. The van der Waals surface area contributed by atoms with Crippen molar-refractivity contribution < 1.29 is 9.53 Å². The fraction of sp³-hybridized carbons (Fsp3) is 0.273. The molecule has 0 N–H and O–H groups in total. The van der Waals surface area contributed by atoms with Gasteiger partial charge >= 0.3 is 5.97 Å². The lowest BCUT2D eigenvalue weighted by Gasteiger charge is -1.98. The molecule has 0 atom stereocenters. The minimum atomic E-state index is -0.497. The molecule has 0 aromatic carbocycles. The zero-order chi connectivity index (χ0) is 13.1. The Labute approximate surface area is 109 Å². The van der Waals surface area contributed by atoms with E-state index in [1.807, 2.05) is 0 Å². The Morgan fingerprint density at radius 1 is 1.44 bits per heavy atom. The third kappa shape index (κ3) is 2.48. The van der Waals surface area contributed by atoms with Gasteiger partial charge in [-0.1, -0.05) is 17.7 Å². The minimum absolute atomic E-state index is 0.179. The Bertz CT molecular complexity index is 582. The highest BCUT2D eigenvalue weighted by Crippen LogP contribution is 2.10. The number of hydrogen-bond donors (Lipinski definition) is 0. The van der Waals surface area contributed by atoms with E-state index < -0.39 is 5.97 Å². The molecule has 94 valence electrons. The molecule has 0 amide bonds. The van der Waals surface area contributed by atoms with Crippen molar-refractivity contribution in [2.24, 2.45) is 0 Å². The number of esters is 1. The maximum absolute atomic E-state index is 11.6. The van der Waals surface area contributed by atoms with Crippen molar-refractivity contribution in [1.29, 1.82) is 0 Å². The summed E-state index contributed by atoms with van der Waals surface area (Å²) in [4.78, 5) is 16.9. The molecule has 0 fully saturated rings. The number of aryl methyl sites for hydroxylation is 1. The Morgan fingerprint density at radius 3 is 2.89 bits per heavy atom. The number of aromatic nitrogens is 4. The summed E-state index contributed by atoms with van der Waals surface area (Å²) in [6.07, 6.45) is 0. The molecule has 2 aromatic heterocycles. The minimum Gasteiger partial charge on any atom is -0.461 e. The van der Waals surface area contributed by atoms with E-state index in [1.54, 1.807) is 32.0 Å². The third-order valence-electron chi connectivity index (χ3n) is 2.16. The van der Waals surface area contributed by atoms with E-state index in [4.69, 9.17) is 16.3 Å². The third-order valence-corrected chi connectivity index (χ3v) is 2.37. The van der Waals surface area contributed by atoms with E-state index in [-0.39, 0.29) is 5.69 Å². The molecule has 0 aliphatic carbocycles. The van der Waals surface area contributed by atoms with Gasteiger partial charge in [0.15, 0.2) is 11.5 Å². The maximum Gasteiger partial charge on any atom is 0.360 e. The van der Waals surface area contributed by atoms with Crippen LogP contribution in [0, 0.1) is 6.92 Å². The summed E-state index contributed by atoms with van der Waals surface area (Å²) in [7, 11) is 0. The molecule has 2 heterocycles. The number of nitrogens with zero attached hydrogens (tertiary/aromatic N) is 4. The monoisotopic (exact) mass is 266 g/mol. The quantitative estimate of drug-likeness (QED) is 0.626. The summed E-state index contributed by atoms with van der Waals surface area (Å²) >= 11 is 5.78. The van der Waals surface area contributed by atoms with Gasteiger partial charge in [0.2, 0.25) is 0 Å². The van der Waals surface area contributed by atoms with Gasteiger partial charge in [0.05, 0.1) is 12.3 Å². The van der Waals surface area contributed by atoms with Crippen LogP contribution >= 0.6 is 11.6 Å². The van der Waals surface area contributed by atoms with Gasteiger partial charge < -0.3 is 4.74 Å². The van der Waals surface area contributed by atoms with Gasteiger partial charge in [-0.25, -0.2) is 9.78 Å². The number of hydrogen-bond acceptors (Lipinski definition) is 5. The number of halogens is 1. The standard InChI is InChI=1S/C11H11ClN4O2/c1-3-18-11(17)10-7(2)14-16(15-10)9-6-4-5-8(12)13-9/h4-6H,3H2,1-2H3. The number of carbonyl (C=O) groups excluding carboxylic acids is 1. The molecule has 6 nitrogen and oxygen atoms in total. The molecule has 0 saturated carbocycles.